The van der Waals surface area contributed by atoms with E-state index in [4.69, 9.17) is 12.2 Å². The first-order valence-electron chi connectivity index (χ1n) is 8.35. The number of unbranched alkanes of at least 4 members (excludes halogenated alkanes) is 1. The number of rotatable bonds is 6. The van der Waals surface area contributed by atoms with Gasteiger partial charge in [0.15, 0.2) is 0 Å². The standard InChI is InChI=1S/C18H19N3O3S2/c1-3-4-8-13(17(23)24)21-16(22)14(26-18(21)25)10-15-19-11-7-5-6-9-12(11)20(15)2/h5-7,9-10,13H,3-4,8H2,1-2H3,(H,23,24)/b14-10+/t13-/m1/s1. The molecule has 0 radical (unpaired) electrons. The average molecular weight is 390 g/mol. The molecular weight excluding hydrogens is 370 g/mol. The van der Waals surface area contributed by atoms with Crippen LogP contribution in [0.4, 0.5) is 0 Å². The summed E-state index contributed by atoms with van der Waals surface area (Å²) in [5.74, 6) is -0.763. The topological polar surface area (TPSA) is 75.4 Å². The van der Waals surface area contributed by atoms with Crippen molar-refractivity contribution in [2.24, 2.45) is 7.05 Å². The zero-order chi connectivity index (χ0) is 18.8. The molecule has 1 fully saturated rings. The zero-order valence-electron chi connectivity index (χ0n) is 14.5. The fraction of sp³-hybridized carbons (Fsp3) is 0.333. The quantitative estimate of drug-likeness (QED) is 0.603. The van der Waals surface area contributed by atoms with Gasteiger partial charge in [0.2, 0.25) is 0 Å². The Morgan fingerprint density at radius 3 is 2.81 bits per heavy atom. The Labute approximate surface area is 160 Å². The molecule has 3 rings (SSSR count). The summed E-state index contributed by atoms with van der Waals surface area (Å²) in [5.41, 5.74) is 1.80. The number of carbonyl (C=O) groups excluding carboxylic acids is 1. The fourth-order valence-corrected chi connectivity index (χ4v) is 4.25. The molecule has 136 valence electrons. The Bertz CT molecular complexity index is 920. The minimum absolute atomic E-state index is 0.281. The average Bonchev–Trinajstić information content (AvgIpc) is 3.07. The van der Waals surface area contributed by atoms with Gasteiger partial charge in [-0.25, -0.2) is 9.78 Å². The van der Waals surface area contributed by atoms with E-state index in [0.29, 0.717) is 17.2 Å². The van der Waals surface area contributed by atoms with Crippen molar-refractivity contribution >= 4 is 57.3 Å². The highest BCUT2D eigenvalue weighted by Crippen LogP contribution is 2.35. The van der Waals surface area contributed by atoms with E-state index in [2.05, 4.69) is 4.98 Å². The maximum absolute atomic E-state index is 12.8. The zero-order valence-corrected chi connectivity index (χ0v) is 16.1. The van der Waals surface area contributed by atoms with E-state index >= 15 is 0 Å². The third-order valence-corrected chi connectivity index (χ3v) is 5.66. The van der Waals surface area contributed by atoms with Gasteiger partial charge in [0.25, 0.3) is 5.91 Å². The number of nitrogens with zero attached hydrogens (tertiary/aromatic N) is 3. The minimum Gasteiger partial charge on any atom is -0.480 e. The molecule has 8 heteroatoms. The molecule has 0 aliphatic carbocycles. The van der Waals surface area contributed by atoms with Gasteiger partial charge in [-0.1, -0.05) is 55.9 Å². The van der Waals surface area contributed by atoms with Crippen LogP contribution in [0.3, 0.4) is 0 Å². The van der Waals surface area contributed by atoms with E-state index in [1.807, 2.05) is 42.8 Å². The fourth-order valence-electron chi connectivity index (χ4n) is 2.92. The van der Waals surface area contributed by atoms with Gasteiger partial charge in [0.05, 0.1) is 15.9 Å². The molecule has 2 aromatic rings. The highest BCUT2D eigenvalue weighted by atomic mass is 32.2. The van der Waals surface area contributed by atoms with Crippen LogP contribution in [0, 0.1) is 0 Å². The molecule has 0 spiro atoms. The Morgan fingerprint density at radius 1 is 1.42 bits per heavy atom. The van der Waals surface area contributed by atoms with Gasteiger partial charge in [-0.2, -0.15) is 0 Å². The van der Waals surface area contributed by atoms with Crippen molar-refractivity contribution in [3.05, 3.63) is 35.0 Å². The molecule has 1 aliphatic rings. The molecule has 0 bridgehead atoms. The first kappa shape index (κ1) is 18.6. The summed E-state index contributed by atoms with van der Waals surface area (Å²) in [4.78, 5) is 30.6. The number of hydrogen-bond acceptors (Lipinski definition) is 5. The summed E-state index contributed by atoms with van der Waals surface area (Å²) in [5, 5.41) is 9.51. The molecule has 1 saturated heterocycles. The second kappa shape index (κ2) is 7.59. The number of carboxylic acids is 1. The molecule has 1 aliphatic heterocycles. The summed E-state index contributed by atoms with van der Waals surface area (Å²) < 4.78 is 2.18. The second-order valence-electron chi connectivity index (χ2n) is 6.07. The molecule has 6 nitrogen and oxygen atoms in total. The Morgan fingerprint density at radius 2 is 2.15 bits per heavy atom. The third kappa shape index (κ3) is 3.39. The van der Waals surface area contributed by atoms with Crippen LogP contribution in [0.25, 0.3) is 17.1 Å². The van der Waals surface area contributed by atoms with Crippen molar-refractivity contribution in [1.29, 1.82) is 0 Å². The highest BCUT2D eigenvalue weighted by molar-refractivity contribution is 8.26. The normalized spacial score (nSPS) is 17.5. The summed E-state index contributed by atoms with van der Waals surface area (Å²) in [6.07, 6.45) is 3.64. The van der Waals surface area contributed by atoms with Crippen LogP contribution < -0.4 is 0 Å². The third-order valence-electron chi connectivity index (χ3n) is 4.33. The lowest BCUT2D eigenvalue weighted by atomic mass is 10.1. The van der Waals surface area contributed by atoms with Gasteiger partial charge in [-0.3, -0.25) is 9.69 Å². The molecule has 1 N–H and O–H groups in total. The smallest absolute Gasteiger partial charge is 0.326 e. The predicted molar refractivity (Wildman–Crippen MR) is 107 cm³/mol. The largest absolute Gasteiger partial charge is 0.480 e. The van der Waals surface area contributed by atoms with Gasteiger partial charge in [0.1, 0.15) is 16.2 Å². The minimum atomic E-state index is -1.03. The summed E-state index contributed by atoms with van der Waals surface area (Å²) >= 11 is 6.42. The van der Waals surface area contributed by atoms with Crippen LogP contribution in [0.2, 0.25) is 0 Å². The first-order valence-corrected chi connectivity index (χ1v) is 9.57. The molecule has 1 atom stereocenters. The van der Waals surface area contributed by atoms with E-state index in [1.165, 1.54) is 4.90 Å². The maximum atomic E-state index is 12.8. The molecule has 2 heterocycles. The molecular formula is C18H19N3O3S2. The summed E-state index contributed by atoms with van der Waals surface area (Å²) in [6, 6.07) is 6.77. The Kier molecular flexibility index (Phi) is 5.43. The van der Waals surface area contributed by atoms with Crippen LogP contribution in [0.1, 0.15) is 32.0 Å². The highest BCUT2D eigenvalue weighted by Gasteiger charge is 2.40. The van der Waals surface area contributed by atoms with Crippen LogP contribution >= 0.6 is 24.0 Å². The molecule has 1 aromatic heterocycles. The summed E-state index contributed by atoms with van der Waals surface area (Å²) in [6.45, 7) is 1.98. The molecule has 1 amide bonds. The van der Waals surface area contributed by atoms with E-state index in [-0.39, 0.29) is 10.2 Å². The van der Waals surface area contributed by atoms with Gasteiger partial charge < -0.3 is 9.67 Å². The van der Waals surface area contributed by atoms with Gasteiger partial charge in [-0.15, -0.1) is 0 Å². The number of thioether (sulfide) groups is 1. The SMILES string of the molecule is CCCC[C@H](C(=O)O)N1C(=O)/C(=C\c2nc3ccccc3n2C)SC1=S. The van der Waals surface area contributed by atoms with Crippen LogP contribution in [0.5, 0.6) is 0 Å². The number of aryl methyl sites for hydroxylation is 1. The Hall–Kier alpha value is -2.19. The van der Waals surface area contributed by atoms with Crippen molar-refractivity contribution < 1.29 is 14.7 Å². The van der Waals surface area contributed by atoms with Crippen molar-refractivity contribution in [3.63, 3.8) is 0 Å². The molecule has 0 saturated carbocycles. The number of carboxylic acid groups (broad SMARTS) is 1. The van der Waals surface area contributed by atoms with E-state index < -0.39 is 12.0 Å². The summed E-state index contributed by atoms with van der Waals surface area (Å²) in [7, 11) is 1.88. The first-order chi connectivity index (χ1) is 12.4. The van der Waals surface area contributed by atoms with Gasteiger partial charge in [-0.05, 0) is 18.6 Å². The number of aromatic nitrogens is 2. The van der Waals surface area contributed by atoms with Crippen molar-refractivity contribution in [1.82, 2.24) is 14.5 Å². The second-order valence-corrected chi connectivity index (χ2v) is 7.74. The van der Waals surface area contributed by atoms with Gasteiger partial charge in [0, 0.05) is 13.1 Å². The van der Waals surface area contributed by atoms with Crippen molar-refractivity contribution in [3.8, 4) is 0 Å². The number of hydrogen-bond donors (Lipinski definition) is 1. The Balaban J connectivity index is 1.93. The van der Waals surface area contributed by atoms with Crippen molar-refractivity contribution in [2.75, 3.05) is 0 Å². The number of carbonyl (C=O) groups is 2. The number of imidazole rings is 1. The number of para-hydroxylation sites is 2. The van der Waals surface area contributed by atoms with E-state index in [0.717, 1.165) is 35.6 Å². The number of aliphatic carboxylic acids is 1. The molecule has 1 aromatic carbocycles. The lowest BCUT2D eigenvalue weighted by Gasteiger charge is -2.22. The van der Waals surface area contributed by atoms with E-state index in [1.54, 1.807) is 6.08 Å². The number of amides is 1. The van der Waals surface area contributed by atoms with Crippen molar-refractivity contribution in [2.45, 2.75) is 32.2 Å². The van der Waals surface area contributed by atoms with Gasteiger partial charge >= 0.3 is 5.97 Å². The number of thiocarbonyl (C=S) groups is 1. The lowest BCUT2D eigenvalue weighted by Crippen LogP contribution is -2.43. The molecule has 0 unspecified atom stereocenters. The lowest BCUT2D eigenvalue weighted by molar-refractivity contribution is -0.145. The number of benzene rings is 1. The van der Waals surface area contributed by atoms with E-state index in [9.17, 15) is 14.7 Å². The number of fused-ring (bicyclic) bond motifs is 1. The maximum Gasteiger partial charge on any atom is 0.326 e. The predicted octanol–water partition coefficient (Wildman–Crippen LogP) is 3.42. The molecule has 26 heavy (non-hydrogen) atoms. The monoisotopic (exact) mass is 389 g/mol. The van der Waals surface area contributed by atoms with Crippen LogP contribution in [-0.2, 0) is 16.6 Å². The van der Waals surface area contributed by atoms with Crippen LogP contribution in [0.15, 0.2) is 29.2 Å². The van der Waals surface area contributed by atoms with Crippen LogP contribution in [-0.4, -0.2) is 41.8 Å².